The molecule has 0 heterocycles. The fourth-order valence-corrected chi connectivity index (χ4v) is 3.00. The Balaban J connectivity index is 1.74. The van der Waals surface area contributed by atoms with Gasteiger partial charge in [0.2, 0.25) is 0 Å². The molecule has 0 spiro atoms. The Morgan fingerprint density at radius 3 is 2.56 bits per heavy atom. The minimum absolute atomic E-state index is 0.191. The molecule has 0 amide bonds. The van der Waals surface area contributed by atoms with E-state index in [1.165, 1.54) is 10.5 Å². The molecule has 25 heavy (non-hydrogen) atoms. The Hall–Kier alpha value is -1.75. The smallest absolute Gasteiger partial charge is 0.344 e. The number of esters is 1. The molecule has 1 unspecified atom stereocenters. The Labute approximate surface area is 158 Å². The topological polar surface area (TPSA) is 40.0 Å². The summed E-state index contributed by atoms with van der Waals surface area (Å²) in [4.78, 5) is 13.2. The number of quaternary nitrogens is 1. The van der Waals surface area contributed by atoms with Gasteiger partial charge in [-0.2, -0.15) is 0 Å². The highest BCUT2D eigenvalue weighted by molar-refractivity contribution is 6.35. The normalized spacial score (nSPS) is 13.1. The van der Waals surface area contributed by atoms with Crippen molar-refractivity contribution in [3.8, 4) is 5.75 Å². The van der Waals surface area contributed by atoms with Crippen molar-refractivity contribution in [2.24, 2.45) is 0 Å². The molecule has 0 aliphatic carbocycles. The van der Waals surface area contributed by atoms with E-state index in [4.69, 9.17) is 32.7 Å². The molecular formula is C19H22Cl2NO3+. The number of ether oxygens (including phenoxy) is 2. The number of carbonyl (C=O) groups excluding carboxylic acids is 1. The van der Waals surface area contributed by atoms with E-state index < -0.39 is 5.97 Å². The number of hydrogen-bond donors (Lipinski definition) is 1. The van der Waals surface area contributed by atoms with Crippen LogP contribution in [0.15, 0.2) is 48.5 Å². The number of hydrogen-bond acceptors (Lipinski definition) is 3. The Bertz CT molecular complexity index is 694. The highest BCUT2D eigenvalue weighted by Crippen LogP contribution is 2.27. The lowest BCUT2D eigenvalue weighted by molar-refractivity contribution is -0.896. The molecule has 0 aromatic heterocycles. The van der Waals surface area contributed by atoms with Crippen molar-refractivity contribution in [2.75, 3.05) is 20.2 Å². The molecule has 4 nitrogen and oxygen atoms in total. The molecule has 0 aliphatic heterocycles. The summed E-state index contributed by atoms with van der Waals surface area (Å²) in [6, 6.07) is 15.0. The van der Waals surface area contributed by atoms with Crippen LogP contribution in [0.5, 0.6) is 5.75 Å². The van der Waals surface area contributed by atoms with Crippen LogP contribution in [0.3, 0.4) is 0 Å². The fraction of sp³-hybridized carbons (Fsp3) is 0.316. The van der Waals surface area contributed by atoms with E-state index in [0.717, 1.165) is 6.54 Å². The van der Waals surface area contributed by atoms with E-state index in [0.29, 0.717) is 22.3 Å². The second-order valence-corrected chi connectivity index (χ2v) is 6.83. The highest BCUT2D eigenvalue weighted by Gasteiger charge is 2.15. The van der Waals surface area contributed by atoms with E-state index in [9.17, 15) is 4.79 Å². The summed E-state index contributed by atoms with van der Waals surface area (Å²) in [6.45, 7) is 3.27. The van der Waals surface area contributed by atoms with Crippen LogP contribution in [0.25, 0.3) is 0 Å². The first-order chi connectivity index (χ1) is 11.9. The second-order valence-electron chi connectivity index (χ2n) is 5.99. The van der Waals surface area contributed by atoms with Crippen LogP contribution in [0.4, 0.5) is 0 Å². The first kappa shape index (κ1) is 19.6. The maximum absolute atomic E-state index is 11.9. The van der Waals surface area contributed by atoms with Gasteiger partial charge in [0.25, 0.3) is 0 Å². The number of likely N-dealkylation sites (N-methyl/N-ethyl adjacent to an activating group) is 1. The van der Waals surface area contributed by atoms with Crippen LogP contribution >= 0.6 is 23.2 Å². The zero-order valence-corrected chi connectivity index (χ0v) is 15.8. The lowest BCUT2D eigenvalue weighted by Crippen LogP contribution is -3.08. The molecule has 0 saturated carbocycles. The van der Waals surface area contributed by atoms with E-state index in [1.54, 1.807) is 18.2 Å². The first-order valence-corrected chi connectivity index (χ1v) is 8.82. The van der Waals surface area contributed by atoms with Gasteiger partial charge < -0.3 is 14.4 Å². The third-order valence-corrected chi connectivity index (χ3v) is 4.09. The predicted molar refractivity (Wildman–Crippen MR) is 99.4 cm³/mol. The maximum atomic E-state index is 11.9. The molecule has 134 valence electrons. The number of rotatable bonds is 8. The van der Waals surface area contributed by atoms with Gasteiger partial charge in [-0.25, -0.2) is 4.79 Å². The molecule has 6 heteroatoms. The van der Waals surface area contributed by atoms with Gasteiger partial charge in [-0.3, -0.25) is 0 Å². The third-order valence-electron chi connectivity index (χ3n) is 3.56. The van der Waals surface area contributed by atoms with Gasteiger partial charge in [0.05, 0.1) is 12.1 Å². The molecule has 0 saturated heterocycles. The number of benzene rings is 2. The van der Waals surface area contributed by atoms with E-state index in [-0.39, 0.29) is 12.7 Å². The molecule has 2 aromatic rings. The van der Waals surface area contributed by atoms with Crippen LogP contribution in [0.2, 0.25) is 10.0 Å². The highest BCUT2D eigenvalue weighted by atomic mass is 35.5. The summed E-state index contributed by atoms with van der Waals surface area (Å²) in [5.41, 5.74) is 1.25. The van der Waals surface area contributed by atoms with Crippen molar-refractivity contribution in [3.63, 3.8) is 0 Å². The lowest BCUT2D eigenvalue weighted by atomic mass is 10.2. The van der Waals surface area contributed by atoms with Gasteiger partial charge in [-0.1, -0.05) is 53.5 Å². The number of carbonyl (C=O) groups is 1. The molecular weight excluding hydrogens is 361 g/mol. The van der Waals surface area contributed by atoms with E-state index in [1.807, 2.05) is 25.1 Å². The average molecular weight is 383 g/mol. The molecule has 2 atom stereocenters. The van der Waals surface area contributed by atoms with Crippen molar-refractivity contribution >= 4 is 29.2 Å². The van der Waals surface area contributed by atoms with E-state index >= 15 is 0 Å². The lowest BCUT2D eigenvalue weighted by Gasteiger charge is -2.19. The second kappa shape index (κ2) is 9.66. The Morgan fingerprint density at radius 1 is 1.16 bits per heavy atom. The third kappa shape index (κ3) is 6.94. The average Bonchev–Trinajstić information content (AvgIpc) is 2.54. The minimum Gasteiger partial charge on any atom is -0.480 e. The summed E-state index contributed by atoms with van der Waals surface area (Å²) >= 11 is 11.8. The van der Waals surface area contributed by atoms with E-state index in [2.05, 4.69) is 19.2 Å². The van der Waals surface area contributed by atoms with Crippen molar-refractivity contribution in [3.05, 3.63) is 64.1 Å². The van der Waals surface area contributed by atoms with Crippen molar-refractivity contribution in [1.82, 2.24) is 0 Å². The van der Waals surface area contributed by atoms with Crippen molar-refractivity contribution < 1.29 is 19.2 Å². The monoisotopic (exact) mass is 382 g/mol. The quantitative estimate of drug-likeness (QED) is 0.713. The predicted octanol–water partition coefficient (Wildman–Crippen LogP) is 3.02. The van der Waals surface area contributed by atoms with Crippen molar-refractivity contribution in [1.29, 1.82) is 0 Å². The maximum Gasteiger partial charge on any atom is 0.344 e. The summed E-state index contributed by atoms with van der Waals surface area (Å²) in [5.74, 6) is -0.0199. The van der Waals surface area contributed by atoms with Crippen LogP contribution in [-0.2, 0) is 16.1 Å². The van der Waals surface area contributed by atoms with Gasteiger partial charge in [0.1, 0.15) is 24.9 Å². The van der Waals surface area contributed by atoms with Crippen LogP contribution in [-0.4, -0.2) is 32.3 Å². The van der Waals surface area contributed by atoms with Crippen LogP contribution < -0.4 is 9.64 Å². The molecule has 0 aliphatic rings. The number of halogens is 2. The zero-order chi connectivity index (χ0) is 18.2. The van der Waals surface area contributed by atoms with Gasteiger partial charge in [-0.15, -0.1) is 0 Å². The largest absolute Gasteiger partial charge is 0.480 e. The summed E-state index contributed by atoms with van der Waals surface area (Å²) in [5, 5.41) is 0.873. The number of nitrogens with one attached hydrogen (secondary N) is 1. The van der Waals surface area contributed by atoms with Gasteiger partial charge in [-0.05, 0) is 25.1 Å². The molecule has 2 rings (SSSR count). The standard InChI is InChI=1S/C19H21Cl2NO3/c1-14(11-22(2)12-15-6-4-3-5-7-15)25-19(23)13-24-18-9-8-16(20)10-17(18)21/h3-10,14H,11-13H2,1-2H3/p+1/t14-/m0/s1. The minimum atomic E-state index is -0.425. The fourth-order valence-electron chi connectivity index (χ4n) is 2.54. The zero-order valence-electron chi connectivity index (χ0n) is 14.3. The SMILES string of the molecule is C[C@@H](C[NH+](C)Cc1ccccc1)OC(=O)COc1ccc(Cl)cc1Cl. The van der Waals surface area contributed by atoms with Crippen molar-refractivity contribution in [2.45, 2.75) is 19.6 Å². The van der Waals surface area contributed by atoms with Gasteiger partial charge in [0, 0.05) is 10.6 Å². The molecule has 0 radical (unpaired) electrons. The summed E-state index contributed by atoms with van der Waals surface area (Å²) in [7, 11) is 2.07. The van der Waals surface area contributed by atoms with Gasteiger partial charge in [0.15, 0.2) is 6.61 Å². The Kier molecular flexibility index (Phi) is 7.56. The van der Waals surface area contributed by atoms with Crippen LogP contribution in [0.1, 0.15) is 12.5 Å². The summed E-state index contributed by atoms with van der Waals surface area (Å²) < 4.78 is 10.8. The first-order valence-electron chi connectivity index (χ1n) is 8.06. The molecule has 0 fully saturated rings. The van der Waals surface area contributed by atoms with Crippen LogP contribution in [0, 0.1) is 0 Å². The summed E-state index contributed by atoms with van der Waals surface area (Å²) in [6.07, 6.45) is -0.208. The molecule has 1 N–H and O–H groups in total. The molecule has 2 aromatic carbocycles. The van der Waals surface area contributed by atoms with Gasteiger partial charge >= 0.3 is 5.97 Å². The Morgan fingerprint density at radius 2 is 1.88 bits per heavy atom. The molecule has 0 bridgehead atoms.